The lowest BCUT2D eigenvalue weighted by molar-refractivity contribution is -0.115. The van der Waals surface area contributed by atoms with Crippen LogP contribution in [0.2, 0.25) is 0 Å². The van der Waals surface area contributed by atoms with Crippen molar-refractivity contribution < 1.29 is 19.1 Å². The monoisotopic (exact) mass is 458 g/mol. The molecule has 3 aromatic carbocycles. The standard InChI is InChI=1S/C26H26N4O4/c1-18(29-30-26(33)21-8-10-22(11-9-21)27-19(2)31)16-25(32)28-23-12-14-24(15-13-23)34-17-20-6-4-3-5-7-20/h3-15H,16-17H2,1-2H3,(H,27,31)(H,28,32)(H,30,33)/b29-18-. The van der Waals surface area contributed by atoms with Gasteiger partial charge in [-0.3, -0.25) is 14.4 Å². The molecule has 0 aliphatic carbocycles. The van der Waals surface area contributed by atoms with Crippen molar-refractivity contribution in [3.63, 3.8) is 0 Å². The molecular weight excluding hydrogens is 432 g/mol. The van der Waals surface area contributed by atoms with Crippen molar-refractivity contribution in [1.29, 1.82) is 0 Å². The Balaban J connectivity index is 1.44. The summed E-state index contributed by atoms with van der Waals surface area (Å²) in [5, 5.41) is 9.41. The molecular formula is C26H26N4O4. The first kappa shape index (κ1) is 24.2. The van der Waals surface area contributed by atoms with E-state index in [1.165, 1.54) is 6.92 Å². The third kappa shape index (κ3) is 7.90. The molecule has 0 unspecified atom stereocenters. The van der Waals surface area contributed by atoms with Gasteiger partial charge in [0.1, 0.15) is 12.4 Å². The first-order chi connectivity index (χ1) is 16.4. The number of hydrazone groups is 1. The van der Waals surface area contributed by atoms with Crippen LogP contribution in [0.1, 0.15) is 36.2 Å². The molecule has 174 valence electrons. The Morgan fingerprint density at radius 2 is 1.41 bits per heavy atom. The summed E-state index contributed by atoms with van der Waals surface area (Å²) < 4.78 is 5.74. The van der Waals surface area contributed by atoms with Crippen LogP contribution in [-0.2, 0) is 16.2 Å². The van der Waals surface area contributed by atoms with Gasteiger partial charge < -0.3 is 15.4 Å². The maximum atomic E-state index is 12.3. The molecule has 0 aromatic heterocycles. The number of nitrogens with zero attached hydrogens (tertiary/aromatic N) is 1. The SMILES string of the molecule is CC(=O)Nc1ccc(C(=O)N/N=C(/C)CC(=O)Nc2ccc(OCc3ccccc3)cc2)cc1. The average molecular weight is 459 g/mol. The zero-order valence-corrected chi connectivity index (χ0v) is 19.0. The summed E-state index contributed by atoms with van der Waals surface area (Å²) in [4.78, 5) is 35.6. The second-order valence-corrected chi connectivity index (χ2v) is 7.57. The molecule has 0 aliphatic heterocycles. The Bertz CT molecular complexity index is 1160. The fourth-order valence-electron chi connectivity index (χ4n) is 2.97. The highest BCUT2D eigenvalue weighted by atomic mass is 16.5. The summed E-state index contributed by atoms with van der Waals surface area (Å²) >= 11 is 0. The number of nitrogens with one attached hydrogen (secondary N) is 3. The third-order valence-electron chi connectivity index (χ3n) is 4.62. The van der Waals surface area contributed by atoms with Crippen LogP contribution >= 0.6 is 0 Å². The van der Waals surface area contributed by atoms with Crippen molar-refractivity contribution in [1.82, 2.24) is 5.43 Å². The Morgan fingerprint density at radius 3 is 2.06 bits per heavy atom. The molecule has 3 amide bonds. The predicted octanol–water partition coefficient (Wildman–Crippen LogP) is 4.36. The number of rotatable bonds is 9. The number of carbonyl (C=O) groups is 3. The number of anilines is 2. The summed E-state index contributed by atoms with van der Waals surface area (Å²) in [6.45, 7) is 3.53. The number of amides is 3. The van der Waals surface area contributed by atoms with Gasteiger partial charge in [-0.15, -0.1) is 0 Å². The molecule has 3 N–H and O–H groups in total. The molecule has 0 radical (unpaired) electrons. The molecule has 0 saturated heterocycles. The van der Waals surface area contributed by atoms with Crippen molar-refractivity contribution in [2.24, 2.45) is 5.10 Å². The van der Waals surface area contributed by atoms with Crippen LogP contribution < -0.4 is 20.8 Å². The first-order valence-corrected chi connectivity index (χ1v) is 10.7. The summed E-state index contributed by atoms with van der Waals surface area (Å²) in [7, 11) is 0. The van der Waals surface area contributed by atoms with Crippen LogP contribution in [0.3, 0.4) is 0 Å². The van der Waals surface area contributed by atoms with Gasteiger partial charge in [0.05, 0.1) is 6.42 Å². The normalized spacial score (nSPS) is 10.8. The van der Waals surface area contributed by atoms with Gasteiger partial charge >= 0.3 is 0 Å². The van der Waals surface area contributed by atoms with Gasteiger partial charge in [0.2, 0.25) is 11.8 Å². The molecule has 34 heavy (non-hydrogen) atoms. The van der Waals surface area contributed by atoms with Crippen LogP contribution in [0.4, 0.5) is 11.4 Å². The number of ether oxygens (including phenoxy) is 1. The number of carbonyl (C=O) groups excluding carboxylic acids is 3. The van der Waals surface area contributed by atoms with E-state index in [1.807, 2.05) is 30.3 Å². The van der Waals surface area contributed by atoms with Crippen LogP contribution in [0, 0.1) is 0 Å². The Kier molecular flexibility index (Phi) is 8.51. The average Bonchev–Trinajstić information content (AvgIpc) is 2.83. The zero-order chi connectivity index (χ0) is 24.3. The topological polar surface area (TPSA) is 109 Å². The number of hydrogen-bond donors (Lipinski definition) is 3. The van der Waals surface area contributed by atoms with Crippen molar-refractivity contribution >= 4 is 34.8 Å². The molecule has 8 nitrogen and oxygen atoms in total. The van der Waals surface area contributed by atoms with Crippen molar-refractivity contribution in [2.45, 2.75) is 26.9 Å². The van der Waals surface area contributed by atoms with E-state index in [0.717, 1.165) is 5.56 Å². The lowest BCUT2D eigenvalue weighted by Crippen LogP contribution is -2.21. The van der Waals surface area contributed by atoms with Crippen LogP contribution in [0.15, 0.2) is 84.0 Å². The Labute approximate surface area is 198 Å². The molecule has 0 heterocycles. The van der Waals surface area contributed by atoms with Gasteiger partial charge in [0.15, 0.2) is 0 Å². The van der Waals surface area contributed by atoms with E-state index in [0.29, 0.717) is 35.0 Å². The predicted molar refractivity (Wildman–Crippen MR) is 132 cm³/mol. The highest BCUT2D eigenvalue weighted by Crippen LogP contribution is 2.17. The molecule has 0 spiro atoms. The summed E-state index contributed by atoms with van der Waals surface area (Å²) in [6, 6.07) is 23.3. The minimum absolute atomic E-state index is 0.0218. The lowest BCUT2D eigenvalue weighted by Gasteiger charge is -2.09. The fraction of sp³-hybridized carbons (Fsp3) is 0.154. The van der Waals surface area contributed by atoms with E-state index in [-0.39, 0.29) is 18.2 Å². The number of hydrogen-bond acceptors (Lipinski definition) is 5. The van der Waals surface area contributed by atoms with Gasteiger partial charge in [-0.2, -0.15) is 5.10 Å². The quantitative estimate of drug-likeness (QED) is 0.327. The van der Waals surface area contributed by atoms with E-state index < -0.39 is 5.91 Å². The second-order valence-electron chi connectivity index (χ2n) is 7.57. The summed E-state index contributed by atoms with van der Waals surface area (Å²) in [5.74, 6) is -0.163. The van der Waals surface area contributed by atoms with Crippen molar-refractivity contribution in [2.75, 3.05) is 10.6 Å². The minimum atomic E-state index is -0.416. The van der Waals surface area contributed by atoms with Crippen molar-refractivity contribution in [3.05, 3.63) is 90.0 Å². The van der Waals surface area contributed by atoms with Gasteiger partial charge in [-0.25, -0.2) is 5.43 Å². The van der Waals surface area contributed by atoms with Gasteiger partial charge in [-0.05, 0) is 61.0 Å². The summed E-state index contributed by atoms with van der Waals surface area (Å²) in [5.41, 5.74) is 5.55. The molecule has 0 bridgehead atoms. The maximum Gasteiger partial charge on any atom is 0.271 e. The van der Waals surface area contributed by atoms with Crippen LogP contribution in [-0.4, -0.2) is 23.4 Å². The van der Waals surface area contributed by atoms with Gasteiger partial charge in [0.25, 0.3) is 5.91 Å². The minimum Gasteiger partial charge on any atom is -0.489 e. The van der Waals surface area contributed by atoms with Crippen LogP contribution in [0.5, 0.6) is 5.75 Å². The molecule has 3 rings (SSSR count). The molecule has 0 aliphatic rings. The molecule has 8 heteroatoms. The van der Waals surface area contributed by atoms with E-state index in [2.05, 4.69) is 21.2 Å². The maximum absolute atomic E-state index is 12.3. The van der Waals surface area contributed by atoms with Crippen molar-refractivity contribution in [3.8, 4) is 5.75 Å². The molecule has 0 saturated carbocycles. The zero-order valence-electron chi connectivity index (χ0n) is 19.0. The largest absolute Gasteiger partial charge is 0.489 e. The Hall–Kier alpha value is -4.46. The highest BCUT2D eigenvalue weighted by Gasteiger charge is 2.08. The highest BCUT2D eigenvalue weighted by molar-refractivity contribution is 6.06. The molecule has 0 fully saturated rings. The van der Waals surface area contributed by atoms with Gasteiger partial charge in [-0.1, -0.05) is 30.3 Å². The van der Waals surface area contributed by atoms with E-state index in [1.54, 1.807) is 55.5 Å². The Morgan fingerprint density at radius 1 is 0.794 bits per heavy atom. The van der Waals surface area contributed by atoms with E-state index in [9.17, 15) is 14.4 Å². The smallest absolute Gasteiger partial charge is 0.271 e. The fourth-order valence-corrected chi connectivity index (χ4v) is 2.97. The van der Waals surface area contributed by atoms with Crippen LogP contribution in [0.25, 0.3) is 0 Å². The van der Waals surface area contributed by atoms with E-state index in [4.69, 9.17) is 4.74 Å². The summed E-state index contributed by atoms with van der Waals surface area (Å²) in [6.07, 6.45) is 0.0218. The lowest BCUT2D eigenvalue weighted by atomic mass is 10.2. The molecule has 3 aromatic rings. The third-order valence-corrected chi connectivity index (χ3v) is 4.62. The van der Waals surface area contributed by atoms with E-state index >= 15 is 0 Å². The number of benzene rings is 3. The van der Waals surface area contributed by atoms with Gasteiger partial charge in [0, 0.05) is 29.6 Å². The second kappa shape index (κ2) is 12.0. The first-order valence-electron chi connectivity index (χ1n) is 10.7. The molecule has 0 atom stereocenters.